The van der Waals surface area contributed by atoms with Crippen LogP contribution in [0.15, 0.2) is 24.3 Å². The Morgan fingerprint density at radius 3 is 2.55 bits per heavy atom. The summed E-state index contributed by atoms with van der Waals surface area (Å²) < 4.78 is 0. The molecule has 122 valence electrons. The number of hydrogen-bond donors (Lipinski definition) is 3. The summed E-state index contributed by atoms with van der Waals surface area (Å²) in [6.45, 7) is 6.02. The first-order chi connectivity index (χ1) is 10.1. The summed E-state index contributed by atoms with van der Waals surface area (Å²) in [4.78, 5) is 23.1. The van der Waals surface area contributed by atoms with E-state index in [-0.39, 0.29) is 30.3 Å². The van der Waals surface area contributed by atoms with E-state index in [0.717, 1.165) is 25.1 Å². The van der Waals surface area contributed by atoms with Crippen LogP contribution in [-0.4, -0.2) is 30.9 Å². The molecule has 0 saturated carbocycles. The maximum absolute atomic E-state index is 12.2. The molecule has 0 aromatic heterocycles. The van der Waals surface area contributed by atoms with Crippen LogP contribution in [0, 0.1) is 5.92 Å². The average molecular weight is 326 g/mol. The first-order valence-electron chi connectivity index (χ1n) is 7.41. The van der Waals surface area contributed by atoms with Crippen molar-refractivity contribution in [2.45, 2.75) is 32.9 Å². The van der Waals surface area contributed by atoms with Gasteiger partial charge in [-0.25, -0.2) is 0 Å². The summed E-state index contributed by atoms with van der Waals surface area (Å²) in [7, 11) is 0. The Morgan fingerprint density at radius 1 is 1.27 bits per heavy atom. The van der Waals surface area contributed by atoms with Gasteiger partial charge < -0.3 is 16.0 Å². The molecule has 1 aliphatic heterocycles. The van der Waals surface area contributed by atoms with Gasteiger partial charge in [0.2, 0.25) is 5.91 Å². The fourth-order valence-corrected chi connectivity index (χ4v) is 2.48. The number of carbonyl (C=O) groups excluding carboxylic acids is 2. The smallest absolute Gasteiger partial charge is 0.251 e. The van der Waals surface area contributed by atoms with Gasteiger partial charge in [-0.05, 0) is 43.1 Å². The van der Waals surface area contributed by atoms with Gasteiger partial charge in [0, 0.05) is 25.1 Å². The van der Waals surface area contributed by atoms with Crippen LogP contribution in [0.2, 0.25) is 0 Å². The zero-order valence-electron chi connectivity index (χ0n) is 13.0. The van der Waals surface area contributed by atoms with Gasteiger partial charge in [0.05, 0.1) is 0 Å². The highest BCUT2D eigenvalue weighted by atomic mass is 35.5. The van der Waals surface area contributed by atoms with Crippen molar-refractivity contribution in [3.05, 3.63) is 35.4 Å². The van der Waals surface area contributed by atoms with Crippen molar-refractivity contribution in [3.8, 4) is 0 Å². The van der Waals surface area contributed by atoms with E-state index in [1.165, 1.54) is 6.92 Å². The summed E-state index contributed by atoms with van der Waals surface area (Å²) in [5.41, 5.74) is 1.64. The van der Waals surface area contributed by atoms with Gasteiger partial charge in [-0.15, -0.1) is 12.4 Å². The Hall–Kier alpha value is -1.59. The second-order valence-electron chi connectivity index (χ2n) is 5.66. The van der Waals surface area contributed by atoms with E-state index < -0.39 is 0 Å². The number of hydrogen-bond acceptors (Lipinski definition) is 3. The molecule has 22 heavy (non-hydrogen) atoms. The first kappa shape index (κ1) is 18.5. The molecule has 1 aromatic rings. The van der Waals surface area contributed by atoms with Crippen LogP contribution in [-0.2, 0) is 11.3 Å². The lowest BCUT2D eigenvalue weighted by molar-refractivity contribution is -0.119. The minimum absolute atomic E-state index is 0. The van der Waals surface area contributed by atoms with E-state index in [9.17, 15) is 9.59 Å². The van der Waals surface area contributed by atoms with Crippen LogP contribution in [0.25, 0.3) is 0 Å². The summed E-state index contributed by atoms with van der Waals surface area (Å²) in [5.74, 6) is 0.360. The normalized spacial score (nSPS) is 20.6. The minimum Gasteiger partial charge on any atom is -0.352 e. The Balaban J connectivity index is 0.00000242. The molecule has 1 aromatic carbocycles. The van der Waals surface area contributed by atoms with Gasteiger partial charge in [0.1, 0.15) is 0 Å². The number of piperidine rings is 1. The molecule has 2 unspecified atom stereocenters. The van der Waals surface area contributed by atoms with Crippen LogP contribution in [0.3, 0.4) is 0 Å². The van der Waals surface area contributed by atoms with Crippen molar-refractivity contribution in [1.29, 1.82) is 0 Å². The molecule has 6 heteroatoms. The summed E-state index contributed by atoms with van der Waals surface area (Å²) >= 11 is 0. The van der Waals surface area contributed by atoms with E-state index in [1.54, 1.807) is 12.1 Å². The predicted molar refractivity (Wildman–Crippen MR) is 89.1 cm³/mol. The Bertz CT molecular complexity index is 505. The second-order valence-corrected chi connectivity index (χ2v) is 5.66. The van der Waals surface area contributed by atoms with Crippen LogP contribution in [0.4, 0.5) is 0 Å². The molecule has 2 rings (SSSR count). The van der Waals surface area contributed by atoms with Crippen molar-refractivity contribution < 1.29 is 9.59 Å². The topological polar surface area (TPSA) is 70.2 Å². The fraction of sp³-hybridized carbons (Fsp3) is 0.500. The highest BCUT2D eigenvalue weighted by Gasteiger charge is 2.22. The zero-order valence-corrected chi connectivity index (χ0v) is 13.8. The Kier molecular flexibility index (Phi) is 7.35. The van der Waals surface area contributed by atoms with Gasteiger partial charge in [-0.2, -0.15) is 0 Å². The van der Waals surface area contributed by atoms with Gasteiger partial charge in [-0.3, -0.25) is 9.59 Å². The molecule has 1 aliphatic rings. The number of carbonyl (C=O) groups is 2. The largest absolute Gasteiger partial charge is 0.352 e. The summed E-state index contributed by atoms with van der Waals surface area (Å²) in [6.07, 6.45) is 0.966. The molecule has 0 spiro atoms. The van der Waals surface area contributed by atoms with Crippen LogP contribution >= 0.6 is 12.4 Å². The molecule has 5 nitrogen and oxygen atoms in total. The number of halogens is 1. The number of rotatable bonds is 4. The van der Waals surface area contributed by atoms with E-state index in [2.05, 4.69) is 22.9 Å². The minimum atomic E-state index is -0.0586. The van der Waals surface area contributed by atoms with Crippen LogP contribution < -0.4 is 16.0 Å². The van der Waals surface area contributed by atoms with Crippen LogP contribution in [0.5, 0.6) is 0 Å². The predicted octanol–water partition coefficient (Wildman–Crippen LogP) is 1.47. The summed E-state index contributed by atoms with van der Waals surface area (Å²) in [6, 6.07) is 7.59. The molecular formula is C16H24ClN3O2. The highest BCUT2D eigenvalue weighted by molar-refractivity contribution is 5.94. The fourth-order valence-electron chi connectivity index (χ4n) is 2.48. The van der Waals surface area contributed by atoms with Crippen molar-refractivity contribution in [1.82, 2.24) is 16.0 Å². The van der Waals surface area contributed by atoms with E-state index in [1.807, 2.05) is 12.1 Å². The lowest BCUT2D eigenvalue weighted by atomic mass is 9.95. The zero-order chi connectivity index (χ0) is 15.2. The van der Waals surface area contributed by atoms with Crippen molar-refractivity contribution >= 4 is 24.2 Å². The molecule has 0 radical (unpaired) electrons. The third kappa shape index (κ3) is 5.31. The molecule has 0 bridgehead atoms. The maximum Gasteiger partial charge on any atom is 0.251 e. The molecule has 2 amide bonds. The van der Waals surface area contributed by atoms with Crippen molar-refractivity contribution in [3.63, 3.8) is 0 Å². The molecule has 3 N–H and O–H groups in total. The summed E-state index contributed by atoms with van der Waals surface area (Å²) in [5, 5.41) is 9.16. The number of benzene rings is 1. The number of nitrogens with one attached hydrogen (secondary N) is 3. The standard InChI is InChI=1S/C16H23N3O2.ClH/c1-11-9-17-8-7-15(11)19-16(21)14-5-3-13(4-6-14)10-18-12(2)20;/h3-6,11,15,17H,7-10H2,1-2H3,(H,18,20)(H,19,21);1H. The third-order valence-electron chi connectivity index (χ3n) is 3.86. The molecular weight excluding hydrogens is 302 g/mol. The average Bonchev–Trinajstić information content (AvgIpc) is 2.48. The van der Waals surface area contributed by atoms with E-state index in [0.29, 0.717) is 18.0 Å². The first-order valence-corrected chi connectivity index (χ1v) is 7.41. The SMILES string of the molecule is CC(=O)NCc1ccc(C(=O)NC2CCNCC2C)cc1.Cl. The molecule has 1 saturated heterocycles. The number of amides is 2. The molecule has 1 fully saturated rings. The van der Waals surface area contributed by atoms with E-state index in [4.69, 9.17) is 0 Å². The van der Waals surface area contributed by atoms with E-state index >= 15 is 0 Å². The van der Waals surface area contributed by atoms with Gasteiger partial charge in [-0.1, -0.05) is 19.1 Å². The van der Waals surface area contributed by atoms with Gasteiger partial charge in [0.15, 0.2) is 0 Å². The van der Waals surface area contributed by atoms with Crippen molar-refractivity contribution in [2.24, 2.45) is 5.92 Å². The van der Waals surface area contributed by atoms with Crippen LogP contribution in [0.1, 0.15) is 36.2 Å². The van der Waals surface area contributed by atoms with Gasteiger partial charge in [0.25, 0.3) is 5.91 Å². The van der Waals surface area contributed by atoms with Gasteiger partial charge >= 0.3 is 0 Å². The lowest BCUT2D eigenvalue weighted by Crippen LogP contribution is -2.48. The highest BCUT2D eigenvalue weighted by Crippen LogP contribution is 2.12. The lowest BCUT2D eigenvalue weighted by Gasteiger charge is -2.30. The monoisotopic (exact) mass is 325 g/mol. The third-order valence-corrected chi connectivity index (χ3v) is 3.86. The maximum atomic E-state index is 12.2. The molecule has 0 aliphatic carbocycles. The molecule has 2 atom stereocenters. The Labute approximate surface area is 137 Å². The molecule has 1 heterocycles. The second kappa shape index (κ2) is 8.76. The Morgan fingerprint density at radius 2 is 1.95 bits per heavy atom. The van der Waals surface area contributed by atoms with Crippen molar-refractivity contribution in [2.75, 3.05) is 13.1 Å². The quantitative estimate of drug-likeness (QED) is 0.785.